The minimum atomic E-state index is -4.51. The first-order valence-corrected chi connectivity index (χ1v) is 13.7. The maximum atomic E-state index is 13.8. The molecule has 0 bridgehead atoms. The summed E-state index contributed by atoms with van der Waals surface area (Å²) in [6.07, 6.45) is 3.93. The third kappa shape index (κ3) is 7.97. The van der Waals surface area contributed by atoms with Gasteiger partial charge in [0.25, 0.3) is 11.8 Å². The summed E-state index contributed by atoms with van der Waals surface area (Å²) in [7, 11) is 0. The van der Waals surface area contributed by atoms with Crippen LogP contribution in [-0.4, -0.2) is 40.8 Å². The van der Waals surface area contributed by atoms with Crippen molar-refractivity contribution in [2.75, 3.05) is 18.4 Å². The molecule has 0 radical (unpaired) electrons. The molecule has 3 heterocycles. The lowest BCUT2D eigenvalue weighted by Gasteiger charge is -2.07. The smallest absolute Gasteiger partial charge is 0.358 e. The van der Waals surface area contributed by atoms with Crippen molar-refractivity contribution < 1.29 is 31.9 Å². The lowest BCUT2D eigenvalue weighted by atomic mass is 10.0. The number of carbonyl (C=O) groups excluding carboxylic acids is 3. The van der Waals surface area contributed by atoms with Crippen LogP contribution in [0.25, 0.3) is 17.7 Å². The van der Waals surface area contributed by atoms with Gasteiger partial charge in [0.2, 0.25) is 5.91 Å². The Balaban J connectivity index is 1.17. The van der Waals surface area contributed by atoms with Crippen LogP contribution >= 0.6 is 0 Å². The summed E-state index contributed by atoms with van der Waals surface area (Å²) in [5.41, 5.74) is 3.12. The number of unbranched alkanes of at least 4 members (excludes halogenated alkanes) is 3. The van der Waals surface area contributed by atoms with E-state index in [1.54, 1.807) is 19.9 Å². The zero-order valence-electron chi connectivity index (χ0n) is 23.6. The van der Waals surface area contributed by atoms with E-state index in [0.717, 1.165) is 37.9 Å². The molecule has 8 nitrogen and oxygen atoms in total. The predicted molar refractivity (Wildman–Crippen MR) is 155 cm³/mol. The van der Waals surface area contributed by atoms with E-state index < -0.39 is 17.7 Å². The molecule has 226 valence electrons. The molecule has 1 aliphatic heterocycles. The van der Waals surface area contributed by atoms with Crippen LogP contribution in [0.2, 0.25) is 0 Å². The molecule has 12 heteroatoms. The standard InChI is InChI=1S/C31H31F4N5O3/c1-18-25(16-23-22-15-21(32)9-10-24(22)40-29(23)42)39-19(2)28(18)30(43)37-14-6-4-3-5-13-36-27(41)12-8-20-7-11-26(38-17-20)31(33,34)35/h7-12,15-17,39H,3-6,13-14H2,1-2H3,(H,36,41)(H,37,43)(H,40,42)/b12-8+,23-16-. The van der Waals surface area contributed by atoms with E-state index in [0.29, 0.717) is 58.0 Å². The maximum absolute atomic E-state index is 13.8. The number of hydrogen-bond acceptors (Lipinski definition) is 4. The second-order valence-electron chi connectivity index (χ2n) is 10.1. The molecule has 43 heavy (non-hydrogen) atoms. The summed E-state index contributed by atoms with van der Waals surface area (Å²) in [6, 6.07) is 6.19. The molecule has 0 saturated heterocycles. The number of alkyl halides is 3. The van der Waals surface area contributed by atoms with E-state index in [2.05, 4.69) is 25.9 Å². The van der Waals surface area contributed by atoms with E-state index in [1.807, 2.05) is 0 Å². The molecular formula is C31H31F4N5O3. The van der Waals surface area contributed by atoms with Crippen LogP contribution in [0.1, 0.15) is 69.8 Å². The highest BCUT2D eigenvalue weighted by molar-refractivity contribution is 6.34. The van der Waals surface area contributed by atoms with Crippen molar-refractivity contribution in [2.24, 2.45) is 0 Å². The van der Waals surface area contributed by atoms with E-state index in [4.69, 9.17) is 0 Å². The van der Waals surface area contributed by atoms with Crippen LogP contribution in [0, 0.1) is 19.7 Å². The highest BCUT2D eigenvalue weighted by Gasteiger charge is 2.32. The van der Waals surface area contributed by atoms with Crippen molar-refractivity contribution in [1.82, 2.24) is 20.6 Å². The molecule has 2 aromatic heterocycles. The van der Waals surface area contributed by atoms with Crippen molar-refractivity contribution in [1.29, 1.82) is 0 Å². The first-order chi connectivity index (χ1) is 20.4. The van der Waals surface area contributed by atoms with Crippen LogP contribution in [0.5, 0.6) is 0 Å². The molecule has 0 atom stereocenters. The molecule has 0 aliphatic carbocycles. The Morgan fingerprint density at radius 3 is 2.40 bits per heavy atom. The number of aryl methyl sites for hydroxylation is 1. The summed E-state index contributed by atoms with van der Waals surface area (Å²) in [6.45, 7) is 4.46. The van der Waals surface area contributed by atoms with Crippen molar-refractivity contribution in [3.63, 3.8) is 0 Å². The van der Waals surface area contributed by atoms with Gasteiger partial charge in [0.15, 0.2) is 0 Å². The Labute approximate surface area is 245 Å². The lowest BCUT2D eigenvalue weighted by Crippen LogP contribution is -2.25. The Kier molecular flexibility index (Phi) is 9.79. The third-order valence-electron chi connectivity index (χ3n) is 6.95. The van der Waals surface area contributed by atoms with Gasteiger partial charge in [0.05, 0.1) is 11.1 Å². The molecule has 4 rings (SSSR count). The number of carbonyl (C=O) groups is 3. The summed E-state index contributed by atoms with van der Waals surface area (Å²) in [5.74, 6) is -1.38. The van der Waals surface area contributed by atoms with Gasteiger partial charge in [-0.1, -0.05) is 18.9 Å². The molecular weight excluding hydrogens is 566 g/mol. The van der Waals surface area contributed by atoms with E-state index >= 15 is 0 Å². The average Bonchev–Trinajstić information content (AvgIpc) is 3.42. The number of fused-ring (bicyclic) bond motifs is 1. The van der Waals surface area contributed by atoms with Crippen molar-refractivity contribution in [3.8, 4) is 0 Å². The number of amides is 3. The largest absolute Gasteiger partial charge is 0.433 e. The van der Waals surface area contributed by atoms with Gasteiger partial charge in [-0.05, 0) is 74.2 Å². The molecule has 0 spiro atoms. The highest BCUT2D eigenvalue weighted by Crippen LogP contribution is 2.34. The van der Waals surface area contributed by atoms with Crippen LogP contribution in [0.3, 0.4) is 0 Å². The summed E-state index contributed by atoms with van der Waals surface area (Å²) in [5, 5.41) is 8.35. The molecule has 0 saturated carbocycles. The quantitative estimate of drug-likeness (QED) is 0.127. The Bertz CT molecular complexity index is 1570. The van der Waals surface area contributed by atoms with Crippen molar-refractivity contribution >= 4 is 41.1 Å². The predicted octanol–water partition coefficient (Wildman–Crippen LogP) is 5.80. The number of anilines is 1. The number of aromatic nitrogens is 2. The minimum absolute atomic E-state index is 0.236. The molecule has 1 aliphatic rings. The van der Waals surface area contributed by atoms with Gasteiger partial charge in [0.1, 0.15) is 11.5 Å². The second-order valence-corrected chi connectivity index (χ2v) is 10.1. The fourth-order valence-corrected chi connectivity index (χ4v) is 4.71. The zero-order valence-corrected chi connectivity index (χ0v) is 23.6. The summed E-state index contributed by atoms with van der Waals surface area (Å²) in [4.78, 5) is 43.8. The fraction of sp³-hybridized carbons (Fsp3) is 0.290. The lowest BCUT2D eigenvalue weighted by molar-refractivity contribution is -0.141. The van der Waals surface area contributed by atoms with Crippen LogP contribution < -0.4 is 16.0 Å². The molecule has 1 aromatic carbocycles. The number of rotatable bonds is 11. The van der Waals surface area contributed by atoms with Gasteiger partial charge in [0, 0.05) is 48.0 Å². The monoisotopic (exact) mass is 597 g/mol. The molecule has 0 fully saturated rings. The molecule has 3 aromatic rings. The van der Waals surface area contributed by atoms with Gasteiger partial charge in [-0.3, -0.25) is 19.4 Å². The van der Waals surface area contributed by atoms with Crippen LogP contribution in [-0.2, 0) is 15.8 Å². The number of aromatic amines is 1. The normalized spacial score (nSPS) is 13.8. The van der Waals surface area contributed by atoms with Gasteiger partial charge < -0.3 is 20.9 Å². The topological polar surface area (TPSA) is 116 Å². The average molecular weight is 598 g/mol. The number of benzene rings is 1. The van der Waals surface area contributed by atoms with E-state index in [9.17, 15) is 31.9 Å². The SMILES string of the molecule is Cc1[nH]c(/C=C2\C(=O)Nc3ccc(F)cc32)c(C)c1C(=O)NCCCCCCNC(=O)/C=C/c1ccc(C(F)(F)F)nc1. The number of pyridine rings is 1. The Morgan fingerprint density at radius 1 is 1.00 bits per heavy atom. The van der Waals surface area contributed by atoms with Gasteiger partial charge in [-0.15, -0.1) is 0 Å². The van der Waals surface area contributed by atoms with Crippen molar-refractivity contribution in [2.45, 2.75) is 45.7 Å². The second kappa shape index (κ2) is 13.5. The molecule has 3 amide bonds. The number of H-pyrrole nitrogens is 1. The van der Waals surface area contributed by atoms with Crippen LogP contribution in [0.4, 0.5) is 23.2 Å². The maximum Gasteiger partial charge on any atom is 0.433 e. The third-order valence-corrected chi connectivity index (χ3v) is 6.95. The van der Waals surface area contributed by atoms with Crippen molar-refractivity contribution in [3.05, 3.63) is 87.8 Å². The van der Waals surface area contributed by atoms with Gasteiger partial charge >= 0.3 is 6.18 Å². The van der Waals surface area contributed by atoms with Gasteiger partial charge in [-0.2, -0.15) is 13.2 Å². The number of nitrogens with one attached hydrogen (secondary N) is 4. The highest BCUT2D eigenvalue weighted by atomic mass is 19.4. The summed E-state index contributed by atoms with van der Waals surface area (Å²) >= 11 is 0. The summed E-state index contributed by atoms with van der Waals surface area (Å²) < 4.78 is 51.5. The number of hydrogen-bond donors (Lipinski definition) is 4. The Hall–Kier alpha value is -4.74. The molecule has 4 N–H and O–H groups in total. The van der Waals surface area contributed by atoms with Gasteiger partial charge in [-0.25, -0.2) is 4.39 Å². The Morgan fingerprint density at radius 2 is 1.72 bits per heavy atom. The zero-order chi connectivity index (χ0) is 31.1. The minimum Gasteiger partial charge on any atom is -0.358 e. The van der Waals surface area contributed by atoms with E-state index in [-0.39, 0.29) is 17.7 Å². The fourth-order valence-electron chi connectivity index (χ4n) is 4.71. The first-order valence-electron chi connectivity index (χ1n) is 13.7. The molecule has 0 unspecified atom stereocenters. The number of nitrogens with zero attached hydrogens (tertiary/aromatic N) is 1. The van der Waals surface area contributed by atoms with Crippen LogP contribution in [0.15, 0.2) is 42.6 Å². The van der Waals surface area contributed by atoms with E-state index in [1.165, 1.54) is 36.4 Å². The first kappa shape index (κ1) is 31.2. The number of halogens is 4.